The zero-order valence-electron chi connectivity index (χ0n) is 15.0. The minimum Gasteiger partial charge on any atom is -0.363 e. The predicted molar refractivity (Wildman–Crippen MR) is 101 cm³/mol. The van der Waals surface area contributed by atoms with Crippen LogP contribution in [0.4, 0.5) is 5.82 Å². The van der Waals surface area contributed by atoms with Crippen LogP contribution in [-0.4, -0.2) is 49.0 Å². The van der Waals surface area contributed by atoms with Gasteiger partial charge in [0, 0.05) is 51.5 Å². The van der Waals surface area contributed by atoms with Gasteiger partial charge in [-0.05, 0) is 30.5 Å². The van der Waals surface area contributed by atoms with Crippen molar-refractivity contribution in [3.05, 3.63) is 59.8 Å². The van der Waals surface area contributed by atoms with Crippen LogP contribution in [-0.2, 0) is 6.54 Å². The van der Waals surface area contributed by atoms with Crippen molar-refractivity contribution in [3.63, 3.8) is 0 Å². The topological polar surface area (TPSA) is 48.5 Å². The molecule has 0 aliphatic carbocycles. The number of nitrogens with one attached hydrogen (secondary N) is 1. The van der Waals surface area contributed by atoms with Gasteiger partial charge < -0.3 is 10.2 Å². The van der Waals surface area contributed by atoms with E-state index in [0.717, 1.165) is 38.3 Å². The molecule has 0 unspecified atom stereocenters. The van der Waals surface area contributed by atoms with Gasteiger partial charge in [0.1, 0.15) is 5.82 Å². The minimum atomic E-state index is -0.00740. The molecule has 2 aromatic rings. The normalized spacial score (nSPS) is 15.8. The first kappa shape index (κ1) is 17.4. The van der Waals surface area contributed by atoms with E-state index >= 15 is 0 Å². The quantitative estimate of drug-likeness (QED) is 0.910. The molecule has 2 heterocycles. The number of nitrogens with zero attached hydrogens (tertiary/aromatic N) is 3. The molecule has 0 atom stereocenters. The fourth-order valence-corrected chi connectivity index (χ4v) is 3.15. The molecule has 25 heavy (non-hydrogen) atoms. The van der Waals surface area contributed by atoms with Gasteiger partial charge in [-0.2, -0.15) is 0 Å². The molecule has 1 aromatic carbocycles. The van der Waals surface area contributed by atoms with Gasteiger partial charge in [-0.15, -0.1) is 0 Å². The summed E-state index contributed by atoms with van der Waals surface area (Å²) in [5.41, 5.74) is 2.02. The summed E-state index contributed by atoms with van der Waals surface area (Å²) in [6.07, 6.45) is 3.67. The van der Waals surface area contributed by atoms with Crippen LogP contribution < -0.4 is 10.2 Å². The summed E-state index contributed by atoms with van der Waals surface area (Å²) in [6, 6.07) is 14.4. The molecule has 5 nitrogen and oxygen atoms in total. The van der Waals surface area contributed by atoms with Crippen molar-refractivity contribution >= 4 is 11.7 Å². The highest BCUT2D eigenvalue weighted by molar-refractivity contribution is 5.95. The number of rotatable bonds is 5. The van der Waals surface area contributed by atoms with Gasteiger partial charge in [0.2, 0.25) is 0 Å². The monoisotopic (exact) mass is 338 g/mol. The Morgan fingerprint density at radius 2 is 1.92 bits per heavy atom. The molecule has 1 N–H and O–H groups in total. The van der Waals surface area contributed by atoms with Crippen LogP contribution >= 0.6 is 0 Å². The van der Waals surface area contributed by atoms with Gasteiger partial charge in [0.25, 0.3) is 5.91 Å². The van der Waals surface area contributed by atoms with E-state index in [1.807, 2.05) is 31.1 Å². The van der Waals surface area contributed by atoms with Gasteiger partial charge in [0.15, 0.2) is 0 Å². The lowest BCUT2D eigenvalue weighted by Crippen LogP contribution is -2.44. The summed E-state index contributed by atoms with van der Waals surface area (Å²) in [5.74, 6) is 0.789. The van der Waals surface area contributed by atoms with E-state index in [4.69, 9.17) is 0 Å². The van der Waals surface area contributed by atoms with Crippen LogP contribution in [0.25, 0.3) is 0 Å². The number of aromatic nitrogens is 1. The second-order valence-electron chi connectivity index (χ2n) is 6.81. The summed E-state index contributed by atoms with van der Waals surface area (Å²) in [6.45, 7) is 3.01. The predicted octanol–water partition coefficient (Wildman–Crippen LogP) is 2.54. The van der Waals surface area contributed by atoms with Crippen LogP contribution in [0.2, 0.25) is 0 Å². The third kappa shape index (κ3) is 4.79. The first-order valence-corrected chi connectivity index (χ1v) is 8.82. The lowest BCUT2D eigenvalue weighted by Gasteiger charge is -2.32. The van der Waals surface area contributed by atoms with Crippen molar-refractivity contribution in [1.82, 2.24) is 15.2 Å². The number of piperidine rings is 1. The molecule has 1 amide bonds. The van der Waals surface area contributed by atoms with Crippen LogP contribution in [0.1, 0.15) is 28.8 Å². The molecule has 1 aliphatic heterocycles. The molecule has 3 rings (SSSR count). The van der Waals surface area contributed by atoms with E-state index < -0.39 is 0 Å². The highest BCUT2D eigenvalue weighted by Crippen LogP contribution is 2.15. The van der Waals surface area contributed by atoms with E-state index in [1.54, 1.807) is 12.3 Å². The lowest BCUT2D eigenvalue weighted by molar-refractivity contribution is 0.0909. The van der Waals surface area contributed by atoms with Crippen molar-refractivity contribution in [1.29, 1.82) is 0 Å². The number of amides is 1. The Bertz CT molecular complexity index is 694. The summed E-state index contributed by atoms with van der Waals surface area (Å²) >= 11 is 0. The van der Waals surface area contributed by atoms with Gasteiger partial charge in [-0.3, -0.25) is 9.69 Å². The first-order valence-electron chi connectivity index (χ1n) is 8.82. The van der Waals surface area contributed by atoms with E-state index in [1.165, 1.54) is 5.56 Å². The Morgan fingerprint density at radius 3 is 2.60 bits per heavy atom. The van der Waals surface area contributed by atoms with Crippen LogP contribution in [0, 0.1) is 0 Å². The molecule has 1 fully saturated rings. The van der Waals surface area contributed by atoms with Crippen molar-refractivity contribution < 1.29 is 4.79 Å². The molecule has 0 radical (unpaired) electrons. The molecular formula is C20H26N4O. The zero-order chi connectivity index (χ0) is 17.6. The van der Waals surface area contributed by atoms with Crippen molar-refractivity contribution in [2.45, 2.75) is 25.4 Å². The second kappa shape index (κ2) is 8.12. The third-order valence-corrected chi connectivity index (χ3v) is 4.64. The number of hydrogen-bond acceptors (Lipinski definition) is 4. The number of hydrogen-bond donors (Lipinski definition) is 1. The van der Waals surface area contributed by atoms with E-state index in [-0.39, 0.29) is 11.9 Å². The maximum Gasteiger partial charge on any atom is 0.251 e. The second-order valence-corrected chi connectivity index (χ2v) is 6.81. The van der Waals surface area contributed by atoms with Crippen molar-refractivity contribution in [3.8, 4) is 0 Å². The fraction of sp³-hybridized carbons (Fsp3) is 0.400. The summed E-state index contributed by atoms with van der Waals surface area (Å²) in [4.78, 5) is 21.1. The largest absolute Gasteiger partial charge is 0.363 e. The van der Waals surface area contributed by atoms with E-state index in [9.17, 15) is 4.79 Å². The lowest BCUT2D eigenvalue weighted by atomic mass is 10.0. The molecule has 132 valence electrons. The summed E-state index contributed by atoms with van der Waals surface area (Å²) < 4.78 is 0. The average Bonchev–Trinajstić information content (AvgIpc) is 2.64. The Balaban J connectivity index is 1.50. The van der Waals surface area contributed by atoms with Gasteiger partial charge in [0.05, 0.1) is 0 Å². The smallest absolute Gasteiger partial charge is 0.251 e. The molecule has 5 heteroatoms. The van der Waals surface area contributed by atoms with Crippen LogP contribution in [0.15, 0.2) is 48.7 Å². The van der Waals surface area contributed by atoms with Gasteiger partial charge in [-0.1, -0.05) is 30.3 Å². The zero-order valence-corrected chi connectivity index (χ0v) is 15.0. The van der Waals surface area contributed by atoms with Crippen molar-refractivity contribution in [2.75, 3.05) is 32.1 Å². The third-order valence-electron chi connectivity index (χ3n) is 4.64. The first-order chi connectivity index (χ1) is 12.1. The average molecular weight is 338 g/mol. The molecule has 1 saturated heterocycles. The fourth-order valence-electron chi connectivity index (χ4n) is 3.15. The Hall–Kier alpha value is -2.40. The summed E-state index contributed by atoms with van der Waals surface area (Å²) in [7, 11) is 3.85. The summed E-state index contributed by atoms with van der Waals surface area (Å²) in [5, 5.41) is 3.17. The minimum absolute atomic E-state index is 0.00740. The van der Waals surface area contributed by atoms with Crippen molar-refractivity contribution in [2.24, 2.45) is 0 Å². The molecule has 1 aromatic heterocycles. The molecular weight excluding hydrogens is 312 g/mol. The Kier molecular flexibility index (Phi) is 5.66. The SMILES string of the molecule is CN(C)c1cc(C(=O)NC2CCN(Cc3ccccc3)CC2)ccn1. The van der Waals surface area contributed by atoms with E-state index in [0.29, 0.717) is 5.56 Å². The Labute approximate surface area is 149 Å². The van der Waals surface area contributed by atoms with Crippen LogP contribution in [0.5, 0.6) is 0 Å². The number of benzene rings is 1. The highest BCUT2D eigenvalue weighted by Gasteiger charge is 2.21. The number of carbonyl (C=O) groups is 1. The maximum absolute atomic E-state index is 12.5. The maximum atomic E-state index is 12.5. The molecule has 0 spiro atoms. The standard InChI is InChI=1S/C20H26N4O/c1-23(2)19-14-17(8-11-21-19)20(25)22-18-9-12-24(13-10-18)15-16-6-4-3-5-7-16/h3-8,11,14,18H,9-10,12-13,15H2,1-2H3,(H,22,25). The number of carbonyl (C=O) groups excluding carboxylic acids is 1. The van der Waals surface area contributed by atoms with E-state index in [2.05, 4.69) is 39.5 Å². The highest BCUT2D eigenvalue weighted by atomic mass is 16.1. The van der Waals surface area contributed by atoms with Crippen LogP contribution in [0.3, 0.4) is 0 Å². The number of anilines is 1. The van der Waals surface area contributed by atoms with Gasteiger partial charge in [-0.25, -0.2) is 4.98 Å². The number of likely N-dealkylation sites (tertiary alicyclic amines) is 1. The molecule has 0 saturated carbocycles. The Morgan fingerprint density at radius 1 is 1.20 bits per heavy atom. The van der Waals surface area contributed by atoms with Gasteiger partial charge >= 0.3 is 0 Å². The molecule has 1 aliphatic rings. The molecule has 0 bridgehead atoms. The number of pyridine rings is 1.